The number of nitrogens with zero attached hydrogens (tertiary/aromatic N) is 1. The van der Waals surface area contributed by atoms with Crippen LogP contribution in [0.15, 0.2) is 27.5 Å². The summed E-state index contributed by atoms with van der Waals surface area (Å²) in [7, 11) is 0. The summed E-state index contributed by atoms with van der Waals surface area (Å²) in [6.07, 6.45) is 0. The van der Waals surface area contributed by atoms with Gasteiger partial charge < -0.3 is 4.98 Å². The molecule has 1 aromatic heterocycles. The van der Waals surface area contributed by atoms with Crippen molar-refractivity contribution in [2.75, 3.05) is 0 Å². The van der Waals surface area contributed by atoms with E-state index < -0.39 is 0 Å². The van der Waals surface area contributed by atoms with E-state index in [0.717, 1.165) is 16.8 Å². The van der Waals surface area contributed by atoms with Crippen molar-refractivity contribution in [2.24, 2.45) is 0 Å². The number of rotatable bonds is 1. The van der Waals surface area contributed by atoms with Gasteiger partial charge in [-0.1, -0.05) is 39.0 Å². The molecule has 0 aliphatic heterocycles. The first-order valence-corrected chi connectivity index (χ1v) is 7.38. The molecule has 20 heavy (non-hydrogen) atoms. The predicted molar refractivity (Wildman–Crippen MR) is 86.2 cm³/mol. The molecule has 0 spiro atoms. The van der Waals surface area contributed by atoms with Crippen molar-refractivity contribution in [3.63, 3.8) is 0 Å². The molecule has 1 N–H and O–H groups in total. The molecular formula is C16H19BrN2O. The highest BCUT2D eigenvalue weighted by atomic mass is 79.9. The summed E-state index contributed by atoms with van der Waals surface area (Å²) in [6, 6.07) is 6.03. The first kappa shape index (κ1) is 15.0. The smallest absolute Gasteiger partial charge is 0.265 e. The largest absolute Gasteiger partial charge is 0.306 e. The minimum Gasteiger partial charge on any atom is -0.306 e. The van der Waals surface area contributed by atoms with Crippen LogP contribution in [0, 0.1) is 13.8 Å². The van der Waals surface area contributed by atoms with Gasteiger partial charge in [0, 0.05) is 11.0 Å². The zero-order valence-electron chi connectivity index (χ0n) is 12.5. The van der Waals surface area contributed by atoms with Gasteiger partial charge in [0.25, 0.3) is 5.56 Å². The lowest BCUT2D eigenvalue weighted by atomic mass is 9.91. The molecule has 0 atom stereocenters. The molecule has 0 aliphatic rings. The number of benzene rings is 1. The average molecular weight is 335 g/mol. The Hall–Kier alpha value is -1.42. The first-order chi connectivity index (χ1) is 9.21. The van der Waals surface area contributed by atoms with E-state index >= 15 is 0 Å². The van der Waals surface area contributed by atoms with E-state index in [1.54, 1.807) is 0 Å². The number of halogens is 1. The summed E-state index contributed by atoms with van der Waals surface area (Å²) in [5.41, 5.74) is 3.74. The first-order valence-electron chi connectivity index (χ1n) is 6.58. The molecule has 0 bridgehead atoms. The van der Waals surface area contributed by atoms with Crippen LogP contribution in [0.5, 0.6) is 0 Å². The van der Waals surface area contributed by atoms with Crippen molar-refractivity contribution >= 4 is 15.9 Å². The summed E-state index contributed by atoms with van der Waals surface area (Å²) in [5.74, 6) is 0.629. The van der Waals surface area contributed by atoms with Gasteiger partial charge in [0.15, 0.2) is 0 Å². The van der Waals surface area contributed by atoms with E-state index in [2.05, 4.69) is 38.9 Å². The van der Waals surface area contributed by atoms with Gasteiger partial charge in [0.2, 0.25) is 0 Å². The molecule has 0 saturated carbocycles. The Morgan fingerprint density at radius 3 is 2.45 bits per heavy atom. The van der Waals surface area contributed by atoms with Gasteiger partial charge in [0.1, 0.15) is 10.3 Å². The molecule has 0 radical (unpaired) electrons. The Kier molecular flexibility index (Phi) is 3.87. The van der Waals surface area contributed by atoms with Gasteiger partial charge in [-0.3, -0.25) is 4.79 Å². The van der Waals surface area contributed by atoms with Crippen LogP contribution in [0.25, 0.3) is 11.4 Å². The fourth-order valence-corrected chi connectivity index (χ4v) is 2.87. The maximum absolute atomic E-state index is 12.1. The van der Waals surface area contributed by atoms with Gasteiger partial charge in [0.05, 0.1) is 5.69 Å². The summed E-state index contributed by atoms with van der Waals surface area (Å²) < 4.78 is 0.513. The van der Waals surface area contributed by atoms with Crippen molar-refractivity contribution in [2.45, 2.75) is 40.0 Å². The SMILES string of the molecule is Cc1cccc(-c2nc(C(C)(C)C)c(Br)c(=O)[nH]2)c1C. The highest BCUT2D eigenvalue weighted by Gasteiger charge is 2.22. The number of aryl methyl sites for hydroxylation is 1. The van der Waals surface area contributed by atoms with Gasteiger partial charge >= 0.3 is 0 Å². The van der Waals surface area contributed by atoms with Crippen LogP contribution in [0.1, 0.15) is 37.6 Å². The number of aromatic nitrogens is 2. The van der Waals surface area contributed by atoms with Gasteiger partial charge in [-0.2, -0.15) is 0 Å². The number of hydrogen-bond donors (Lipinski definition) is 1. The summed E-state index contributed by atoms with van der Waals surface area (Å²) in [4.78, 5) is 19.7. The Balaban J connectivity index is 2.74. The quantitative estimate of drug-likeness (QED) is 0.852. The number of H-pyrrole nitrogens is 1. The third kappa shape index (κ3) is 2.70. The van der Waals surface area contributed by atoms with Crippen LogP contribution in [-0.4, -0.2) is 9.97 Å². The molecule has 2 aromatic rings. The molecule has 2 rings (SSSR count). The zero-order chi connectivity index (χ0) is 15.1. The highest BCUT2D eigenvalue weighted by molar-refractivity contribution is 9.10. The van der Waals surface area contributed by atoms with E-state index in [9.17, 15) is 4.79 Å². The second kappa shape index (κ2) is 5.17. The number of hydrogen-bond acceptors (Lipinski definition) is 2. The van der Waals surface area contributed by atoms with Crippen LogP contribution in [0.3, 0.4) is 0 Å². The predicted octanol–water partition coefficient (Wildman–Crippen LogP) is 4.11. The molecule has 0 amide bonds. The fraction of sp³-hybridized carbons (Fsp3) is 0.375. The van der Waals surface area contributed by atoms with Crippen LogP contribution in [0.2, 0.25) is 0 Å². The number of aromatic amines is 1. The monoisotopic (exact) mass is 334 g/mol. The van der Waals surface area contributed by atoms with Crippen molar-refractivity contribution in [1.29, 1.82) is 0 Å². The third-order valence-electron chi connectivity index (χ3n) is 3.43. The lowest BCUT2D eigenvalue weighted by Gasteiger charge is -2.20. The second-order valence-corrected chi connectivity index (χ2v) is 6.87. The maximum atomic E-state index is 12.1. The van der Waals surface area contributed by atoms with E-state index in [4.69, 9.17) is 0 Å². The minimum absolute atomic E-state index is 0.138. The van der Waals surface area contributed by atoms with Crippen LogP contribution in [0.4, 0.5) is 0 Å². The van der Waals surface area contributed by atoms with Gasteiger partial charge in [-0.05, 0) is 40.9 Å². The van der Waals surface area contributed by atoms with Crippen molar-refractivity contribution in [3.05, 3.63) is 49.8 Å². The fourth-order valence-electron chi connectivity index (χ4n) is 2.09. The van der Waals surface area contributed by atoms with Gasteiger partial charge in [-0.25, -0.2) is 4.98 Å². The van der Waals surface area contributed by atoms with E-state index in [-0.39, 0.29) is 11.0 Å². The Morgan fingerprint density at radius 2 is 1.85 bits per heavy atom. The molecule has 1 aromatic carbocycles. The van der Waals surface area contributed by atoms with Crippen molar-refractivity contribution in [3.8, 4) is 11.4 Å². The van der Waals surface area contributed by atoms with Crippen molar-refractivity contribution in [1.82, 2.24) is 9.97 Å². The summed E-state index contributed by atoms with van der Waals surface area (Å²) in [5, 5.41) is 0. The summed E-state index contributed by atoms with van der Waals surface area (Å²) in [6.45, 7) is 10.2. The second-order valence-electron chi connectivity index (χ2n) is 6.07. The van der Waals surface area contributed by atoms with Crippen LogP contribution < -0.4 is 5.56 Å². The molecule has 4 heteroatoms. The van der Waals surface area contributed by atoms with E-state index in [0.29, 0.717) is 10.3 Å². The standard InChI is InChI=1S/C16H19BrN2O/c1-9-7-6-8-11(10(9)2)14-18-13(16(3,4)5)12(17)15(20)19-14/h6-8H,1-5H3,(H,18,19,20). The maximum Gasteiger partial charge on any atom is 0.265 e. The molecule has 0 fully saturated rings. The lowest BCUT2D eigenvalue weighted by Crippen LogP contribution is -2.22. The normalized spacial score (nSPS) is 11.7. The Bertz CT molecular complexity index is 711. The van der Waals surface area contributed by atoms with Crippen LogP contribution >= 0.6 is 15.9 Å². The zero-order valence-corrected chi connectivity index (χ0v) is 14.1. The van der Waals surface area contributed by atoms with E-state index in [1.807, 2.05) is 39.8 Å². The Morgan fingerprint density at radius 1 is 1.20 bits per heavy atom. The molecule has 0 unspecified atom stereocenters. The lowest BCUT2D eigenvalue weighted by molar-refractivity contribution is 0.562. The third-order valence-corrected chi connectivity index (χ3v) is 4.17. The molecule has 106 valence electrons. The van der Waals surface area contributed by atoms with Crippen LogP contribution in [-0.2, 0) is 5.41 Å². The summed E-state index contributed by atoms with van der Waals surface area (Å²) >= 11 is 3.35. The molecule has 0 saturated heterocycles. The average Bonchev–Trinajstić information content (AvgIpc) is 2.34. The Labute approximate surface area is 127 Å². The van der Waals surface area contributed by atoms with Crippen molar-refractivity contribution < 1.29 is 0 Å². The van der Waals surface area contributed by atoms with Gasteiger partial charge in [-0.15, -0.1) is 0 Å². The highest BCUT2D eigenvalue weighted by Crippen LogP contribution is 2.28. The number of nitrogens with one attached hydrogen (secondary N) is 1. The molecule has 3 nitrogen and oxygen atoms in total. The topological polar surface area (TPSA) is 45.8 Å². The molecule has 1 heterocycles. The molecule has 0 aliphatic carbocycles. The minimum atomic E-state index is -0.195. The molecular weight excluding hydrogens is 316 g/mol. The van der Waals surface area contributed by atoms with E-state index in [1.165, 1.54) is 5.56 Å².